The molecule has 2 aromatic carbocycles. The van der Waals surface area contributed by atoms with Gasteiger partial charge in [-0.25, -0.2) is 9.38 Å². The molecule has 0 aliphatic rings. The zero-order valence-electron chi connectivity index (χ0n) is 17.4. The van der Waals surface area contributed by atoms with Crippen LogP contribution in [0, 0.1) is 5.82 Å². The standard InChI is InChI=1S/C23H28FN5O/c1-3-25-23(26-14-18-9-10-22(24)21(13-18)17-30-2)27-15-19-7-4-5-8-20(19)16-29-12-6-11-28-29/h4-13H,3,14-17H2,1-2H3,(H2,25,26,27). The Bertz CT molecular complexity index is 956. The number of halogens is 1. The van der Waals surface area contributed by atoms with Crippen molar-refractivity contribution in [2.75, 3.05) is 13.7 Å². The van der Waals surface area contributed by atoms with Crippen molar-refractivity contribution in [1.82, 2.24) is 20.4 Å². The molecule has 0 fully saturated rings. The van der Waals surface area contributed by atoms with Gasteiger partial charge in [0.2, 0.25) is 0 Å². The van der Waals surface area contributed by atoms with Crippen LogP contribution in [0.15, 0.2) is 65.9 Å². The lowest BCUT2D eigenvalue weighted by Gasteiger charge is -2.14. The second-order valence-corrected chi connectivity index (χ2v) is 6.88. The lowest BCUT2D eigenvalue weighted by molar-refractivity contribution is 0.181. The van der Waals surface area contributed by atoms with Crippen molar-refractivity contribution >= 4 is 5.96 Å². The summed E-state index contributed by atoms with van der Waals surface area (Å²) in [5.41, 5.74) is 3.85. The molecule has 1 heterocycles. The molecule has 30 heavy (non-hydrogen) atoms. The summed E-state index contributed by atoms with van der Waals surface area (Å²) in [6, 6.07) is 15.2. The molecule has 0 saturated carbocycles. The molecule has 1 aromatic heterocycles. The van der Waals surface area contributed by atoms with Crippen LogP contribution >= 0.6 is 0 Å². The Morgan fingerprint density at radius 3 is 2.67 bits per heavy atom. The van der Waals surface area contributed by atoms with Crippen molar-refractivity contribution in [3.63, 3.8) is 0 Å². The van der Waals surface area contributed by atoms with E-state index < -0.39 is 0 Å². The van der Waals surface area contributed by atoms with Gasteiger partial charge >= 0.3 is 0 Å². The van der Waals surface area contributed by atoms with Gasteiger partial charge in [-0.1, -0.05) is 30.3 Å². The maximum absolute atomic E-state index is 13.8. The van der Waals surface area contributed by atoms with Crippen LogP contribution in [0.2, 0.25) is 0 Å². The number of hydrogen-bond donors (Lipinski definition) is 2. The largest absolute Gasteiger partial charge is 0.380 e. The van der Waals surface area contributed by atoms with E-state index in [1.807, 2.05) is 36.0 Å². The number of nitrogens with zero attached hydrogens (tertiary/aromatic N) is 3. The number of hydrogen-bond acceptors (Lipinski definition) is 3. The summed E-state index contributed by atoms with van der Waals surface area (Å²) >= 11 is 0. The SMILES string of the molecule is CCNC(=NCc1ccc(F)c(COC)c1)NCc1ccccc1Cn1cccn1. The first kappa shape index (κ1) is 21.5. The van der Waals surface area contributed by atoms with Gasteiger partial charge in [-0.05, 0) is 41.8 Å². The minimum atomic E-state index is -0.261. The van der Waals surface area contributed by atoms with E-state index in [1.165, 1.54) is 17.2 Å². The molecular formula is C23H28FN5O. The minimum Gasteiger partial charge on any atom is -0.380 e. The summed E-state index contributed by atoms with van der Waals surface area (Å²) in [7, 11) is 1.56. The van der Waals surface area contributed by atoms with E-state index in [0.717, 1.165) is 18.7 Å². The van der Waals surface area contributed by atoms with Crippen LogP contribution in [0.4, 0.5) is 4.39 Å². The normalized spacial score (nSPS) is 11.5. The van der Waals surface area contributed by atoms with E-state index in [4.69, 9.17) is 4.74 Å². The van der Waals surface area contributed by atoms with Crippen LogP contribution in [0.1, 0.15) is 29.2 Å². The van der Waals surface area contributed by atoms with Crippen LogP contribution < -0.4 is 10.6 Å². The second-order valence-electron chi connectivity index (χ2n) is 6.88. The van der Waals surface area contributed by atoms with Gasteiger partial charge in [0.15, 0.2) is 5.96 Å². The third-order valence-electron chi connectivity index (χ3n) is 4.63. The first-order valence-corrected chi connectivity index (χ1v) is 10.0. The Balaban J connectivity index is 1.67. The fourth-order valence-electron chi connectivity index (χ4n) is 3.14. The van der Waals surface area contributed by atoms with Gasteiger partial charge in [-0.3, -0.25) is 4.68 Å². The number of aliphatic imine (C=N–C) groups is 1. The van der Waals surface area contributed by atoms with E-state index >= 15 is 0 Å². The van der Waals surface area contributed by atoms with Gasteiger partial charge in [-0.15, -0.1) is 0 Å². The Morgan fingerprint density at radius 2 is 1.93 bits per heavy atom. The Labute approximate surface area is 176 Å². The molecule has 0 amide bonds. The quantitative estimate of drug-likeness (QED) is 0.420. The Kier molecular flexibility index (Phi) is 7.97. The average molecular weight is 410 g/mol. The first-order chi connectivity index (χ1) is 14.7. The van der Waals surface area contributed by atoms with E-state index in [0.29, 0.717) is 24.6 Å². The molecule has 0 atom stereocenters. The summed E-state index contributed by atoms with van der Waals surface area (Å²) in [4.78, 5) is 4.65. The highest BCUT2D eigenvalue weighted by molar-refractivity contribution is 5.79. The van der Waals surface area contributed by atoms with E-state index in [-0.39, 0.29) is 12.4 Å². The fourth-order valence-corrected chi connectivity index (χ4v) is 3.14. The summed E-state index contributed by atoms with van der Waals surface area (Å²) in [6.45, 7) is 4.82. The molecule has 0 saturated heterocycles. The average Bonchev–Trinajstić information content (AvgIpc) is 3.26. The highest BCUT2D eigenvalue weighted by Gasteiger charge is 2.06. The van der Waals surface area contributed by atoms with Crippen molar-refractivity contribution in [2.45, 2.75) is 33.2 Å². The molecule has 0 spiro atoms. The van der Waals surface area contributed by atoms with Gasteiger partial charge in [0.05, 0.1) is 19.7 Å². The second kappa shape index (κ2) is 11.1. The molecule has 0 aliphatic carbocycles. The van der Waals surface area contributed by atoms with Gasteiger partial charge in [0.1, 0.15) is 5.82 Å². The smallest absolute Gasteiger partial charge is 0.191 e. The van der Waals surface area contributed by atoms with E-state index in [2.05, 4.69) is 32.9 Å². The molecule has 158 valence electrons. The molecule has 3 rings (SSSR count). The molecule has 6 nitrogen and oxygen atoms in total. The number of rotatable bonds is 9. The summed E-state index contributed by atoms with van der Waals surface area (Å²) in [6.07, 6.45) is 3.74. The van der Waals surface area contributed by atoms with Crippen LogP contribution in [-0.2, 0) is 31.0 Å². The number of nitrogens with one attached hydrogen (secondary N) is 2. The lowest BCUT2D eigenvalue weighted by Crippen LogP contribution is -2.37. The number of aromatic nitrogens is 2. The van der Waals surface area contributed by atoms with Crippen LogP contribution in [0.5, 0.6) is 0 Å². The molecular weight excluding hydrogens is 381 g/mol. The maximum Gasteiger partial charge on any atom is 0.191 e. The van der Waals surface area contributed by atoms with E-state index in [9.17, 15) is 4.39 Å². The van der Waals surface area contributed by atoms with Crippen molar-refractivity contribution < 1.29 is 9.13 Å². The third-order valence-corrected chi connectivity index (χ3v) is 4.63. The summed E-state index contributed by atoms with van der Waals surface area (Å²) in [5.74, 6) is 0.451. The topological polar surface area (TPSA) is 63.5 Å². The van der Waals surface area contributed by atoms with Gasteiger partial charge in [0.25, 0.3) is 0 Å². The van der Waals surface area contributed by atoms with Crippen molar-refractivity contribution in [3.05, 3.63) is 89.0 Å². The minimum absolute atomic E-state index is 0.245. The highest BCUT2D eigenvalue weighted by atomic mass is 19.1. The monoisotopic (exact) mass is 409 g/mol. The number of benzene rings is 2. The zero-order chi connectivity index (χ0) is 21.2. The first-order valence-electron chi connectivity index (χ1n) is 10.0. The molecule has 0 aliphatic heterocycles. The predicted octanol–water partition coefficient (Wildman–Crippen LogP) is 3.47. The molecule has 7 heteroatoms. The van der Waals surface area contributed by atoms with Crippen molar-refractivity contribution in [3.8, 4) is 0 Å². The third kappa shape index (κ3) is 6.15. The molecule has 0 radical (unpaired) electrons. The predicted molar refractivity (Wildman–Crippen MR) is 117 cm³/mol. The lowest BCUT2D eigenvalue weighted by atomic mass is 10.1. The summed E-state index contributed by atoms with van der Waals surface area (Å²) in [5, 5.41) is 10.9. The van der Waals surface area contributed by atoms with E-state index in [1.54, 1.807) is 25.4 Å². The van der Waals surface area contributed by atoms with Gasteiger partial charge in [0, 0.05) is 38.2 Å². The van der Waals surface area contributed by atoms with Gasteiger partial charge < -0.3 is 15.4 Å². The Morgan fingerprint density at radius 1 is 1.10 bits per heavy atom. The molecule has 0 unspecified atom stereocenters. The fraction of sp³-hybridized carbons (Fsp3) is 0.304. The molecule has 0 bridgehead atoms. The van der Waals surface area contributed by atoms with Crippen LogP contribution in [0.3, 0.4) is 0 Å². The van der Waals surface area contributed by atoms with Gasteiger partial charge in [-0.2, -0.15) is 5.10 Å². The number of guanidine groups is 1. The van der Waals surface area contributed by atoms with Crippen molar-refractivity contribution in [2.24, 2.45) is 4.99 Å². The summed E-state index contributed by atoms with van der Waals surface area (Å²) < 4.78 is 20.8. The molecule has 2 N–H and O–H groups in total. The number of methoxy groups -OCH3 is 1. The molecule has 3 aromatic rings. The van der Waals surface area contributed by atoms with Crippen LogP contribution in [-0.4, -0.2) is 29.4 Å². The van der Waals surface area contributed by atoms with Crippen LogP contribution in [0.25, 0.3) is 0 Å². The van der Waals surface area contributed by atoms with Crippen molar-refractivity contribution in [1.29, 1.82) is 0 Å². The number of ether oxygens (including phenoxy) is 1. The highest BCUT2D eigenvalue weighted by Crippen LogP contribution is 2.13. The zero-order valence-corrected chi connectivity index (χ0v) is 17.4. The Hall–Kier alpha value is -3.19. The maximum atomic E-state index is 13.8.